The van der Waals surface area contributed by atoms with Gasteiger partial charge in [-0.3, -0.25) is 9.59 Å². The molecule has 5 heteroatoms. The predicted octanol–water partition coefficient (Wildman–Crippen LogP) is 2.39. The summed E-state index contributed by atoms with van der Waals surface area (Å²) in [5, 5.41) is 0. The van der Waals surface area contributed by atoms with Gasteiger partial charge in [0, 0.05) is 19.8 Å². The summed E-state index contributed by atoms with van der Waals surface area (Å²) in [6, 6.07) is 15.6. The highest BCUT2D eigenvalue weighted by Gasteiger charge is 2.51. The van der Waals surface area contributed by atoms with Crippen LogP contribution in [-0.4, -0.2) is 30.9 Å². The summed E-state index contributed by atoms with van der Waals surface area (Å²) in [7, 11) is 2.81. The monoisotopic (exact) mass is 297 g/mol. The number of hydrogen-bond donors (Lipinski definition) is 0. The van der Waals surface area contributed by atoms with Crippen molar-refractivity contribution in [1.82, 2.24) is 4.90 Å². The predicted molar refractivity (Wildman–Crippen MR) is 79.1 cm³/mol. The Kier molecular flexibility index (Phi) is 3.52. The summed E-state index contributed by atoms with van der Waals surface area (Å²) in [5.41, 5.74) is 1.26. The van der Waals surface area contributed by atoms with E-state index in [1.54, 1.807) is 48.5 Å². The van der Waals surface area contributed by atoms with Crippen molar-refractivity contribution in [3.05, 3.63) is 71.3 Å². The second-order valence-electron chi connectivity index (χ2n) is 4.85. The standard InChI is InChI=1S/C17H15NO4/c1-21-17(22-2,12-8-4-3-5-9-12)18-15(19)13-10-6-7-11-14(13)16(18)20/h3-11H,1-2H3. The number of ether oxygens (including phenoxy) is 2. The lowest BCUT2D eigenvalue weighted by Crippen LogP contribution is -2.52. The lowest BCUT2D eigenvalue weighted by Gasteiger charge is -2.37. The Balaban J connectivity index is 2.16. The highest BCUT2D eigenvalue weighted by molar-refractivity contribution is 6.21. The minimum Gasteiger partial charge on any atom is -0.332 e. The van der Waals surface area contributed by atoms with Crippen molar-refractivity contribution in [3.8, 4) is 0 Å². The molecule has 1 heterocycles. The zero-order valence-corrected chi connectivity index (χ0v) is 12.3. The molecule has 0 aliphatic carbocycles. The maximum absolute atomic E-state index is 12.7. The Bertz CT molecular complexity index is 687. The van der Waals surface area contributed by atoms with E-state index in [2.05, 4.69) is 0 Å². The maximum Gasteiger partial charge on any atom is 0.289 e. The van der Waals surface area contributed by atoms with Crippen LogP contribution in [-0.2, 0) is 15.4 Å². The molecular formula is C17H15NO4. The van der Waals surface area contributed by atoms with Gasteiger partial charge in [-0.05, 0) is 12.1 Å². The number of carbonyl (C=O) groups excluding carboxylic acids is 2. The Morgan fingerprint density at radius 1 is 0.773 bits per heavy atom. The van der Waals surface area contributed by atoms with E-state index in [1.165, 1.54) is 14.2 Å². The lowest BCUT2D eigenvalue weighted by atomic mass is 10.1. The van der Waals surface area contributed by atoms with Crippen LogP contribution in [0.4, 0.5) is 0 Å². The number of amides is 2. The van der Waals surface area contributed by atoms with Crippen molar-refractivity contribution in [2.45, 2.75) is 5.91 Å². The van der Waals surface area contributed by atoms with Crippen LogP contribution in [0.5, 0.6) is 0 Å². The highest BCUT2D eigenvalue weighted by atomic mass is 16.7. The first-order chi connectivity index (χ1) is 10.7. The molecule has 0 fully saturated rings. The molecule has 0 saturated carbocycles. The average molecular weight is 297 g/mol. The van der Waals surface area contributed by atoms with E-state index < -0.39 is 17.7 Å². The van der Waals surface area contributed by atoms with Crippen LogP contribution in [0.2, 0.25) is 0 Å². The van der Waals surface area contributed by atoms with Crippen molar-refractivity contribution in [1.29, 1.82) is 0 Å². The molecule has 2 amide bonds. The molecule has 0 saturated heterocycles. The molecule has 22 heavy (non-hydrogen) atoms. The highest BCUT2D eigenvalue weighted by Crippen LogP contribution is 2.37. The first kappa shape index (κ1) is 14.4. The molecule has 0 spiro atoms. The van der Waals surface area contributed by atoms with Crippen molar-refractivity contribution in [2.24, 2.45) is 0 Å². The first-order valence-electron chi connectivity index (χ1n) is 6.79. The van der Waals surface area contributed by atoms with E-state index in [0.717, 1.165) is 4.90 Å². The average Bonchev–Trinajstić information content (AvgIpc) is 2.84. The Morgan fingerprint density at radius 2 is 1.23 bits per heavy atom. The van der Waals surface area contributed by atoms with Crippen LogP contribution in [0.25, 0.3) is 0 Å². The number of imide groups is 1. The van der Waals surface area contributed by atoms with Crippen LogP contribution in [0.15, 0.2) is 54.6 Å². The smallest absolute Gasteiger partial charge is 0.289 e. The molecule has 2 aromatic rings. The van der Waals surface area contributed by atoms with Gasteiger partial charge in [0.15, 0.2) is 0 Å². The van der Waals surface area contributed by atoms with Gasteiger partial charge in [-0.15, -0.1) is 0 Å². The molecule has 5 nitrogen and oxygen atoms in total. The zero-order valence-electron chi connectivity index (χ0n) is 12.3. The Labute approximate surface area is 128 Å². The number of methoxy groups -OCH3 is 2. The summed E-state index contributed by atoms with van der Waals surface area (Å²) in [5.74, 6) is -2.46. The summed E-state index contributed by atoms with van der Waals surface area (Å²) in [6.07, 6.45) is 0. The molecule has 0 unspecified atom stereocenters. The first-order valence-corrected chi connectivity index (χ1v) is 6.79. The molecule has 1 aliphatic heterocycles. The Morgan fingerprint density at radius 3 is 1.68 bits per heavy atom. The molecule has 0 N–H and O–H groups in total. The van der Waals surface area contributed by atoms with Gasteiger partial charge in [0.25, 0.3) is 17.7 Å². The fraction of sp³-hybridized carbons (Fsp3) is 0.176. The summed E-state index contributed by atoms with van der Waals surface area (Å²) in [4.78, 5) is 26.4. The van der Waals surface area contributed by atoms with Crippen LogP contribution >= 0.6 is 0 Å². The van der Waals surface area contributed by atoms with Gasteiger partial charge in [0.05, 0.1) is 11.1 Å². The van der Waals surface area contributed by atoms with Gasteiger partial charge in [-0.25, -0.2) is 4.90 Å². The lowest BCUT2D eigenvalue weighted by molar-refractivity contribution is -0.274. The number of carbonyl (C=O) groups is 2. The normalized spacial score (nSPS) is 14.4. The van der Waals surface area contributed by atoms with Gasteiger partial charge in [-0.1, -0.05) is 42.5 Å². The number of nitrogens with zero attached hydrogens (tertiary/aromatic N) is 1. The summed E-state index contributed by atoms with van der Waals surface area (Å²) < 4.78 is 11.0. The zero-order chi connectivity index (χ0) is 15.7. The topological polar surface area (TPSA) is 55.8 Å². The molecule has 0 atom stereocenters. The summed E-state index contributed by atoms with van der Waals surface area (Å²) in [6.45, 7) is 0. The molecule has 3 rings (SSSR count). The third kappa shape index (κ3) is 1.87. The van der Waals surface area contributed by atoms with E-state index >= 15 is 0 Å². The number of benzene rings is 2. The third-order valence-electron chi connectivity index (χ3n) is 3.78. The van der Waals surface area contributed by atoms with E-state index in [1.807, 2.05) is 6.07 Å². The summed E-state index contributed by atoms with van der Waals surface area (Å²) >= 11 is 0. The van der Waals surface area contributed by atoms with Crippen molar-refractivity contribution >= 4 is 11.8 Å². The van der Waals surface area contributed by atoms with Crippen LogP contribution in [0.1, 0.15) is 26.3 Å². The number of hydrogen-bond acceptors (Lipinski definition) is 4. The number of rotatable bonds is 4. The quantitative estimate of drug-likeness (QED) is 0.642. The maximum atomic E-state index is 12.7. The molecule has 0 radical (unpaired) electrons. The van der Waals surface area contributed by atoms with E-state index in [-0.39, 0.29) is 0 Å². The fourth-order valence-corrected chi connectivity index (χ4v) is 2.74. The molecule has 112 valence electrons. The molecule has 2 aromatic carbocycles. The minimum absolute atomic E-state index is 0.349. The largest absolute Gasteiger partial charge is 0.332 e. The SMILES string of the molecule is COC(OC)(c1ccccc1)N1C(=O)c2ccccc2C1=O. The van der Waals surface area contributed by atoms with Gasteiger partial charge in [0.2, 0.25) is 0 Å². The molecular weight excluding hydrogens is 282 g/mol. The third-order valence-corrected chi connectivity index (χ3v) is 3.78. The minimum atomic E-state index is -1.59. The van der Waals surface area contributed by atoms with Crippen LogP contribution in [0, 0.1) is 0 Å². The van der Waals surface area contributed by atoms with Gasteiger partial charge < -0.3 is 9.47 Å². The van der Waals surface area contributed by atoms with Gasteiger partial charge in [0.1, 0.15) is 0 Å². The van der Waals surface area contributed by atoms with Gasteiger partial charge in [-0.2, -0.15) is 0 Å². The molecule has 0 aromatic heterocycles. The fourth-order valence-electron chi connectivity index (χ4n) is 2.74. The van der Waals surface area contributed by atoms with Crippen molar-refractivity contribution < 1.29 is 19.1 Å². The second kappa shape index (κ2) is 5.36. The molecule has 1 aliphatic rings. The second-order valence-corrected chi connectivity index (χ2v) is 4.85. The van der Waals surface area contributed by atoms with Crippen LogP contribution in [0.3, 0.4) is 0 Å². The van der Waals surface area contributed by atoms with Gasteiger partial charge >= 0.3 is 0 Å². The number of fused-ring (bicyclic) bond motifs is 1. The van der Waals surface area contributed by atoms with Crippen LogP contribution < -0.4 is 0 Å². The van der Waals surface area contributed by atoms with E-state index in [4.69, 9.17) is 9.47 Å². The van der Waals surface area contributed by atoms with Crippen molar-refractivity contribution in [2.75, 3.05) is 14.2 Å². The van der Waals surface area contributed by atoms with E-state index in [0.29, 0.717) is 16.7 Å². The van der Waals surface area contributed by atoms with Crippen molar-refractivity contribution in [3.63, 3.8) is 0 Å². The van der Waals surface area contributed by atoms with E-state index in [9.17, 15) is 9.59 Å². The Hall–Kier alpha value is -2.50. The molecule has 0 bridgehead atoms.